The van der Waals surface area contributed by atoms with Gasteiger partial charge in [-0.2, -0.15) is 0 Å². The highest BCUT2D eigenvalue weighted by Crippen LogP contribution is 2.73. The van der Waals surface area contributed by atoms with E-state index in [0.29, 0.717) is 30.6 Å². The Hall–Kier alpha value is -1.45. The van der Waals surface area contributed by atoms with E-state index in [2.05, 4.69) is 27.7 Å². The Morgan fingerprint density at radius 1 is 1.00 bits per heavy atom. The molecule has 3 saturated carbocycles. The van der Waals surface area contributed by atoms with Crippen molar-refractivity contribution < 1.29 is 19.1 Å². The maximum absolute atomic E-state index is 12.9. The van der Waals surface area contributed by atoms with E-state index >= 15 is 0 Å². The molecule has 3 fully saturated rings. The lowest BCUT2D eigenvalue weighted by atomic mass is 9.38. The molecule has 4 heteroatoms. The highest BCUT2D eigenvalue weighted by molar-refractivity contribution is 5.92. The number of hydrogen-bond donors (Lipinski definition) is 0. The van der Waals surface area contributed by atoms with E-state index in [1.807, 2.05) is 6.08 Å². The molecule has 4 nitrogen and oxygen atoms in total. The minimum atomic E-state index is -0.979. The van der Waals surface area contributed by atoms with Gasteiger partial charge in [0, 0.05) is 18.8 Å². The molecule has 4 aliphatic carbocycles. The summed E-state index contributed by atoms with van der Waals surface area (Å²) in [6.07, 6.45) is 8.06. The fraction of sp³-hybridized carbons (Fsp3) is 0.800. The number of allylic oxidation sites excluding steroid dienone is 1. The molecule has 0 amide bonds. The second-order valence-corrected chi connectivity index (χ2v) is 11.1. The van der Waals surface area contributed by atoms with Crippen molar-refractivity contribution in [2.75, 3.05) is 0 Å². The zero-order chi connectivity index (χ0) is 21.4. The molecule has 0 spiro atoms. The van der Waals surface area contributed by atoms with Crippen LogP contribution in [0.3, 0.4) is 0 Å². The van der Waals surface area contributed by atoms with Crippen molar-refractivity contribution in [3.8, 4) is 0 Å². The highest BCUT2D eigenvalue weighted by atomic mass is 16.6. The van der Waals surface area contributed by atoms with Crippen LogP contribution < -0.4 is 0 Å². The fourth-order valence-corrected chi connectivity index (χ4v) is 8.35. The Labute approximate surface area is 174 Å². The number of esters is 1. The number of carbonyl (C=O) groups excluding carboxylic acids is 3. The van der Waals surface area contributed by atoms with Gasteiger partial charge in [-0.05, 0) is 80.1 Å². The third kappa shape index (κ3) is 2.47. The molecule has 29 heavy (non-hydrogen) atoms. The first-order valence-corrected chi connectivity index (χ1v) is 11.4. The van der Waals surface area contributed by atoms with E-state index in [4.69, 9.17) is 4.74 Å². The van der Waals surface area contributed by atoms with Gasteiger partial charge in [0.25, 0.3) is 0 Å². The molecule has 4 rings (SSSR count). The minimum Gasteiger partial charge on any atom is -0.451 e. The summed E-state index contributed by atoms with van der Waals surface area (Å²) in [5, 5.41) is 0. The average molecular weight is 401 g/mol. The summed E-state index contributed by atoms with van der Waals surface area (Å²) >= 11 is 0. The minimum absolute atomic E-state index is 0.000204. The van der Waals surface area contributed by atoms with Crippen LogP contribution in [-0.2, 0) is 19.1 Å². The van der Waals surface area contributed by atoms with E-state index in [0.717, 1.165) is 32.1 Å². The number of ketones is 2. The number of carbonyl (C=O) groups is 3. The Morgan fingerprint density at radius 3 is 2.28 bits per heavy atom. The summed E-state index contributed by atoms with van der Waals surface area (Å²) in [7, 11) is 0. The topological polar surface area (TPSA) is 60.4 Å². The van der Waals surface area contributed by atoms with E-state index in [1.54, 1.807) is 6.92 Å². The maximum atomic E-state index is 12.9. The molecule has 0 radical (unpaired) electrons. The molecular formula is C25H36O4. The lowest BCUT2D eigenvalue weighted by Gasteiger charge is -2.66. The van der Waals surface area contributed by atoms with Crippen molar-refractivity contribution in [1.82, 2.24) is 0 Å². The Bertz CT molecular complexity index is 812. The van der Waals surface area contributed by atoms with Gasteiger partial charge in [0.15, 0.2) is 17.2 Å². The molecule has 0 aromatic carbocycles. The fourth-order valence-electron chi connectivity index (χ4n) is 8.35. The van der Waals surface area contributed by atoms with Crippen LogP contribution in [0.5, 0.6) is 0 Å². The molecule has 160 valence electrons. The lowest BCUT2D eigenvalue weighted by molar-refractivity contribution is -0.196. The largest absolute Gasteiger partial charge is 0.451 e. The SMILES string of the molecule is CC(=O)O[C@]1(C(C)=O)CC[C@H]2[C@@H]3C[C@H](C)C4=CC(=O)CC[C@]4(C)[C@@]3(C)CC[C@@]21C. The summed E-state index contributed by atoms with van der Waals surface area (Å²) in [6.45, 7) is 12.3. The van der Waals surface area contributed by atoms with Gasteiger partial charge >= 0.3 is 5.97 Å². The van der Waals surface area contributed by atoms with Crippen LogP contribution in [-0.4, -0.2) is 23.1 Å². The molecule has 0 bridgehead atoms. The highest BCUT2D eigenvalue weighted by Gasteiger charge is 2.71. The van der Waals surface area contributed by atoms with E-state index in [1.165, 1.54) is 12.5 Å². The monoisotopic (exact) mass is 400 g/mol. The Balaban J connectivity index is 1.79. The number of rotatable bonds is 2. The summed E-state index contributed by atoms with van der Waals surface area (Å²) < 4.78 is 5.87. The first-order valence-electron chi connectivity index (χ1n) is 11.4. The van der Waals surface area contributed by atoms with Crippen molar-refractivity contribution >= 4 is 17.5 Å². The molecule has 0 unspecified atom stereocenters. The van der Waals surface area contributed by atoms with Gasteiger partial charge in [-0.15, -0.1) is 0 Å². The van der Waals surface area contributed by atoms with Gasteiger partial charge < -0.3 is 4.74 Å². The van der Waals surface area contributed by atoms with Crippen LogP contribution in [0.2, 0.25) is 0 Å². The molecule has 0 N–H and O–H groups in total. The number of hydrogen-bond acceptors (Lipinski definition) is 4. The molecule has 4 aliphatic rings. The Kier molecular flexibility index (Phi) is 4.50. The zero-order valence-corrected chi connectivity index (χ0v) is 18.9. The average Bonchev–Trinajstić information content (AvgIpc) is 2.92. The smallest absolute Gasteiger partial charge is 0.303 e. The van der Waals surface area contributed by atoms with Gasteiger partial charge in [-0.25, -0.2) is 0 Å². The summed E-state index contributed by atoms with van der Waals surface area (Å²) in [5.41, 5.74) is 0.212. The molecule has 0 aromatic rings. The first-order chi connectivity index (χ1) is 13.4. The van der Waals surface area contributed by atoms with Crippen LogP contribution in [0, 0.1) is 34.0 Å². The second kappa shape index (κ2) is 6.28. The van der Waals surface area contributed by atoms with Gasteiger partial charge in [0.1, 0.15) is 0 Å². The van der Waals surface area contributed by atoms with E-state index in [9.17, 15) is 14.4 Å². The first kappa shape index (κ1) is 20.8. The predicted octanol–water partition coefficient (Wildman–Crippen LogP) is 5.05. The van der Waals surface area contributed by atoms with E-state index in [-0.39, 0.29) is 33.8 Å². The van der Waals surface area contributed by atoms with Crippen LogP contribution in [0.15, 0.2) is 11.6 Å². The maximum Gasteiger partial charge on any atom is 0.303 e. The van der Waals surface area contributed by atoms with Crippen LogP contribution >= 0.6 is 0 Å². The second-order valence-electron chi connectivity index (χ2n) is 11.1. The van der Waals surface area contributed by atoms with Gasteiger partial charge in [-0.1, -0.05) is 33.3 Å². The van der Waals surface area contributed by atoms with E-state index < -0.39 is 5.60 Å². The third-order valence-corrected chi connectivity index (χ3v) is 10.1. The molecular weight excluding hydrogens is 364 g/mol. The van der Waals surface area contributed by atoms with Crippen LogP contribution in [0.4, 0.5) is 0 Å². The molecule has 0 aromatic heterocycles. The number of fused-ring (bicyclic) bond motifs is 5. The Morgan fingerprint density at radius 2 is 1.66 bits per heavy atom. The van der Waals surface area contributed by atoms with Gasteiger partial charge in [0.05, 0.1) is 0 Å². The van der Waals surface area contributed by atoms with Gasteiger partial charge in [0.2, 0.25) is 0 Å². The number of Topliss-reactive ketones (excluding diaryl/α,β-unsaturated/α-hetero) is 1. The van der Waals surface area contributed by atoms with Gasteiger partial charge in [-0.3, -0.25) is 14.4 Å². The van der Waals surface area contributed by atoms with Crippen molar-refractivity contribution in [3.63, 3.8) is 0 Å². The summed E-state index contributed by atoms with van der Waals surface area (Å²) in [5.74, 6) is 1.14. The molecule has 0 heterocycles. The van der Waals surface area contributed by atoms with Crippen molar-refractivity contribution in [3.05, 3.63) is 11.6 Å². The lowest BCUT2D eigenvalue weighted by Crippen LogP contribution is -2.62. The predicted molar refractivity (Wildman–Crippen MR) is 111 cm³/mol. The summed E-state index contributed by atoms with van der Waals surface area (Å²) in [6, 6.07) is 0. The zero-order valence-electron chi connectivity index (χ0n) is 18.9. The molecule has 0 aliphatic heterocycles. The summed E-state index contributed by atoms with van der Waals surface area (Å²) in [4.78, 5) is 37.1. The van der Waals surface area contributed by atoms with Crippen molar-refractivity contribution in [2.24, 2.45) is 34.0 Å². The van der Waals surface area contributed by atoms with Crippen molar-refractivity contribution in [1.29, 1.82) is 0 Å². The standard InChI is InChI=1S/C25H36O4/c1-15-13-21-19-8-10-25(16(2)26,29-17(3)27)24(19,6)12-11-23(21,5)22(4)9-7-18(28)14-20(15)22/h14-15,19,21H,7-13H2,1-6H3/t15-,19-,21-,22-,23-,24-,25-/m0/s1. The number of ether oxygens (including phenoxy) is 1. The third-order valence-electron chi connectivity index (χ3n) is 10.1. The molecule has 7 atom stereocenters. The normalized spacial score (nSPS) is 48.8. The van der Waals surface area contributed by atoms with Crippen molar-refractivity contribution in [2.45, 2.75) is 92.1 Å². The van der Waals surface area contributed by atoms with Crippen LogP contribution in [0.25, 0.3) is 0 Å². The molecule has 0 saturated heterocycles. The van der Waals surface area contributed by atoms with Crippen LogP contribution in [0.1, 0.15) is 86.5 Å². The quantitative estimate of drug-likeness (QED) is 0.609.